The number of nitrogens with zero attached hydrogens (tertiary/aromatic N) is 2. The fourth-order valence-corrected chi connectivity index (χ4v) is 2.17. The van der Waals surface area contributed by atoms with Crippen molar-refractivity contribution >= 4 is 17.5 Å². The minimum absolute atomic E-state index is 0.152. The smallest absolute Gasteiger partial charge is 0.328 e. The van der Waals surface area contributed by atoms with E-state index in [9.17, 15) is 4.79 Å². The SMILES string of the molecule is CCOC(=O)C1CCCN1c1ccnc(N)c1. The van der Waals surface area contributed by atoms with Gasteiger partial charge in [-0.1, -0.05) is 0 Å². The maximum absolute atomic E-state index is 11.8. The third-order valence-electron chi connectivity index (χ3n) is 2.91. The molecule has 0 saturated carbocycles. The van der Waals surface area contributed by atoms with Crippen LogP contribution in [0, 0.1) is 0 Å². The summed E-state index contributed by atoms with van der Waals surface area (Å²) in [5.74, 6) is 0.317. The van der Waals surface area contributed by atoms with Crippen molar-refractivity contribution in [3.05, 3.63) is 18.3 Å². The van der Waals surface area contributed by atoms with E-state index < -0.39 is 0 Å². The quantitative estimate of drug-likeness (QED) is 0.797. The Kier molecular flexibility index (Phi) is 3.46. The van der Waals surface area contributed by atoms with E-state index in [2.05, 4.69) is 4.98 Å². The molecule has 1 aliphatic rings. The zero-order valence-corrected chi connectivity index (χ0v) is 9.93. The number of anilines is 2. The largest absolute Gasteiger partial charge is 0.464 e. The van der Waals surface area contributed by atoms with Gasteiger partial charge in [0.2, 0.25) is 0 Å². The second kappa shape index (κ2) is 5.03. The van der Waals surface area contributed by atoms with Crippen LogP contribution in [0.4, 0.5) is 11.5 Å². The lowest BCUT2D eigenvalue weighted by molar-refractivity contribution is -0.144. The van der Waals surface area contributed by atoms with Crippen LogP contribution in [0.25, 0.3) is 0 Å². The number of nitrogen functional groups attached to an aromatic ring is 1. The molecule has 2 heterocycles. The van der Waals surface area contributed by atoms with Crippen molar-refractivity contribution in [2.45, 2.75) is 25.8 Å². The van der Waals surface area contributed by atoms with Crippen molar-refractivity contribution in [2.24, 2.45) is 0 Å². The van der Waals surface area contributed by atoms with Crippen LogP contribution in [0.1, 0.15) is 19.8 Å². The molecule has 92 valence electrons. The number of hydrogen-bond acceptors (Lipinski definition) is 5. The van der Waals surface area contributed by atoms with Crippen LogP contribution in [0.2, 0.25) is 0 Å². The van der Waals surface area contributed by atoms with Gasteiger partial charge in [0, 0.05) is 24.5 Å². The first-order chi connectivity index (χ1) is 8.22. The Morgan fingerprint density at radius 2 is 2.53 bits per heavy atom. The molecule has 0 bridgehead atoms. The van der Waals surface area contributed by atoms with Gasteiger partial charge in [-0.3, -0.25) is 0 Å². The van der Waals surface area contributed by atoms with Gasteiger partial charge in [0.25, 0.3) is 0 Å². The maximum Gasteiger partial charge on any atom is 0.328 e. The zero-order chi connectivity index (χ0) is 12.3. The summed E-state index contributed by atoms with van der Waals surface area (Å²) >= 11 is 0. The van der Waals surface area contributed by atoms with Crippen molar-refractivity contribution in [3.8, 4) is 0 Å². The van der Waals surface area contributed by atoms with Crippen molar-refractivity contribution in [2.75, 3.05) is 23.8 Å². The van der Waals surface area contributed by atoms with E-state index in [1.54, 1.807) is 12.3 Å². The molecular formula is C12H17N3O2. The molecule has 2 rings (SSSR count). The molecule has 5 nitrogen and oxygen atoms in total. The molecule has 1 aromatic heterocycles. The molecule has 0 aliphatic carbocycles. The first-order valence-electron chi connectivity index (χ1n) is 5.87. The molecule has 5 heteroatoms. The van der Waals surface area contributed by atoms with E-state index in [1.807, 2.05) is 17.9 Å². The average molecular weight is 235 g/mol. The van der Waals surface area contributed by atoms with E-state index in [0.29, 0.717) is 12.4 Å². The van der Waals surface area contributed by atoms with Crippen LogP contribution in [-0.2, 0) is 9.53 Å². The van der Waals surface area contributed by atoms with E-state index in [1.165, 1.54) is 0 Å². The number of nitrogens with two attached hydrogens (primary N) is 1. The van der Waals surface area contributed by atoms with Crippen LogP contribution in [0.3, 0.4) is 0 Å². The molecule has 1 saturated heterocycles. The number of ether oxygens (including phenoxy) is 1. The second-order valence-electron chi connectivity index (χ2n) is 4.04. The Bertz CT molecular complexity index is 408. The summed E-state index contributed by atoms with van der Waals surface area (Å²) < 4.78 is 5.08. The fraction of sp³-hybridized carbons (Fsp3) is 0.500. The summed E-state index contributed by atoms with van der Waals surface area (Å²) in [6, 6.07) is 3.47. The summed E-state index contributed by atoms with van der Waals surface area (Å²) in [6.07, 6.45) is 3.48. The fourth-order valence-electron chi connectivity index (χ4n) is 2.17. The highest BCUT2D eigenvalue weighted by molar-refractivity contribution is 5.81. The van der Waals surface area contributed by atoms with Gasteiger partial charge in [0.15, 0.2) is 0 Å². The maximum atomic E-state index is 11.8. The van der Waals surface area contributed by atoms with Gasteiger partial charge in [-0.2, -0.15) is 0 Å². The van der Waals surface area contributed by atoms with Gasteiger partial charge >= 0.3 is 5.97 Å². The molecule has 1 fully saturated rings. The summed E-state index contributed by atoms with van der Waals surface area (Å²) in [5.41, 5.74) is 6.59. The highest BCUT2D eigenvalue weighted by atomic mass is 16.5. The third-order valence-corrected chi connectivity index (χ3v) is 2.91. The normalized spacial score (nSPS) is 19.4. The highest BCUT2D eigenvalue weighted by Gasteiger charge is 2.31. The highest BCUT2D eigenvalue weighted by Crippen LogP contribution is 2.26. The van der Waals surface area contributed by atoms with Crippen molar-refractivity contribution in [1.82, 2.24) is 4.98 Å². The van der Waals surface area contributed by atoms with Gasteiger partial charge < -0.3 is 15.4 Å². The summed E-state index contributed by atoms with van der Waals surface area (Å²) in [7, 11) is 0. The number of hydrogen-bond donors (Lipinski definition) is 1. The van der Waals surface area contributed by atoms with Gasteiger partial charge in [-0.05, 0) is 25.8 Å². The Morgan fingerprint density at radius 1 is 1.71 bits per heavy atom. The second-order valence-corrected chi connectivity index (χ2v) is 4.04. The Hall–Kier alpha value is -1.78. The van der Waals surface area contributed by atoms with Gasteiger partial charge in [-0.25, -0.2) is 9.78 Å². The molecule has 1 atom stereocenters. The lowest BCUT2D eigenvalue weighted by Crippen LogP contribution is -2.37. The predicted octanol–water partition coefficient (Wildman–Crippen LogP) is 1.20. The van der Waals surface area contributed by atoms with E-state index in [4.69, 9.17) is 10.5 Å². The predicted molar refractivity (Wildman–Crippen MR) is 65.7 cm³/mol. The molecule has 1 aliphatic heterocycles. The molecule has 1 aromatic rings. The van der Waals surface area contributed by atoms with Crippen LogP contribution < -0.4 is 10.6 Å². The number of pyridine rings is 1. The van der Waals surface area contributed by atoms with Crippen molar-refractivity contribution in [3.63, 3.8) is 0 Å². The van der Waals surface area contributed by atoms with Crippen LogP contribution in [0.15, 0.2) is 18.3 Å². The van der Waals surface area contributed by atoms with Crippen LogP contribution in [-0.4, -0.2) is 30.1 Å². The summed E-state index contributed by atoms with van der Waals surface area (Å²) in [5, 5.41) is 0. The molecular weight excluding hydrogens is 218 g/mol. The molecule has 0 radical (unpaired) electrons. The van der Waals surface area contributed by atoms with E-state index in [0.717, 1.165) is 25.1 Å². The molecule has 0 aromatic carbocycles. The van der Waals surface area contributed by atoms with Crippen molar-refractivity contribution in [1.29, 1.82) is 0 Å². The Balaban J connectivity index is 2.17. The van der Waals surface area contributed by atoms with Crippen LogP contribution >= 0.6 is 0 Å². The Labute approximate surface area is 101 Å². The summed E-state index contributed by atoms with van der Waals surface area (Å²) in [4.78, 5) is 17.8. The molecule has 17 heavy (non-hydrogen) atoms. The van der Waals surface area contributed by atoms with Gasteiger partial charge in [0.1, 0.15) is 11.9 Å². The lowest BCUT2D eigenvalue weighted by atomic mass is 10.2. The zero-order valence-electron chi connectivity index (χ0n) is 9.93. The topological polar surface area (TPSA) is 68.5 Å². The molecule has 1 unspecified atom stereocenters. The molecule has 0 amide bonds. The third kappa shape index (κ3) is 2.49. The summed E-state index contributed by atoms with van der Waals surface area (Å²) in [6.45, 7) is 3.09. The monoisotopic (exact) mass is 235 g/mol. The van der Waals surface area contributed by atoms with Gasteiger partial charge in [0.05, 0.1) is 6.61 Å². The van der Waals surface area contributed by atoms with Crippen LogP contribution in [0.5, 0.6) is 0 Å². The standard InChI is InChI=1S/C12H17N3O2/c1-2-17-12(16)10-4-3-7-15(10)9-5-6-14-11(13)8-9/h5-6,8,10H,2-4,7H2,1H3,(H2,13,14). The minimum Gasteiger partial charge on any atom is -0.464 e. The molecule has 0 spiro atoms. The number of carbonyl (C=O) groups excluding carboxylic acids is 1. The number of esters is 1. The lowest BCUT2D eigenvalue weighted by Gasteiger charge is -2.25. The van der Waals surface area contributed by atoms with E-state index >= 15 is 0 Å². The Morgan fingerprint density at radius 3 is 3.24 bits per heavy atom. The number of carbonyl (C=O) groups is 1. The van der Waals surface area contributed by atoms with Crippen molar-refractivity contribution < 1.29 is 9.53 Å². The first kappa shape index (κ1) is 11.7. The molecule has 2 N–H and O–H groups in total. The number of aromatic nitrogens is 1. The number of rotatable bonds is 3. The van der Waals surface area contributed by atoms with E-state index in [-0.39, 0.29) is 12.0 Å². The average Bonchev–Trinajstić information content (AvgIpc) is 2.78. The minimum atomic E-state index is -0.184. The first-order valence-corrected chi connectivity index (χ1v) is 5.87. The van der Waals surface area contributed by atoms with Gasteiger partial charge in [-0.15, -0.1) is 0 Å².